The van der Waals surface area contributed by atoms with E-state index < -0.39 is 23.8 Å². The summed E-state index contributed by atoms with van der Waals surface area (Å²) in [5, 5.41) is 24.7. The molecule has 13 nitrogen and oxygen atoms in total. The van der Waals surface area contributed by atoms with Gasteiger partial charge in [0.05, 0.1) is 31.5 Å². The van der Waals surface area contributed by atoms with Crippen LogP contribution in [-0.2, 0) is 32.2 Å². The summed E-state index contributed by atoms with van der Waals surface area (Å²) in [6.07, 6.45) is 10.2. The number of ether oxygens (including phenoxy) is 7. The molecule has 0 radical (unpaired) electrons. The summed E-state index contributed by atoms with van der Waals surface area (Å²) >= 11 is 1.67. The molecule has 4 aromatic rings. The molecule has 0 saturated heterocycles. The van der Waals surface area contributed by atoms with Crippen molar-refractivity contribution >= 4 is 23.6 Å². The van der Waals surface area contributed by atoms with Gasteiger partial charge in [-0.15, -0.1) is 18.3 Å². The lowest BCUT2D eigenvalue weighted by Gasteiger charge is -2.59. The summed E-state index contributed by atoms with van der Waals surface area (Å²) in [5.74, 6) is 1.03. The number of oxime groups is 1. The van der Waals surface area contributed by atoms with E-state index >= 15 is 0 Å². The zero-order valence-electron chi connectivity index (χ0n) is 38.4. The molecule has 2 heterocycles. The van der Waals surface area contributed by atoms with E-state index in [1.165, 1.54) is 7.11 Å². The standard InChI is InChI=1S/C53H62N2O11S/c1-4-26-64-53-49(55(33-37-16-22-47-48(29-37)63-35-62-47)52(58)61-28-27-60-34-36-12-6-5-7-13-36)32-45(54-59-2)43-30-38(14-8-10-24-56)42(15-9-11-25-57)50(51(43)53)44-31-40(19-23-46(44)66-53)65-39-17-20-41(67-3)21-18-39/h4-7,12-13,16-23,29-31,38,42,49-51,56-57H,1,8-11,14-15,24-28,32-35H2,2-3H3. The van der Waals surface area contributed by atoms with Crippen LogP contribution < -0.4 is 18.9 Å². The van der Waals surface area contributed by atoms with Gasteiger partial charge in [-0.25, -0.2) is 4.79 Å². The number of fused-ring (bicyclic) bond motifs is 3. The van der Waals surface area contributed by atoms with Gasteiger partial charge in [0.25, 0.3) is 0 Å². The van der Waals surface area contributed by atoms with Crippen molar-refractivity contribution in [1.29, 1.82) is 0 Å². The van der Waals surface area contributed by atoms with E-state index in [0.717, 1.165) is 52.8 Å². The third-order valence-corrected chi connectivity index (χ3v) is 13.9. The monoisotopic (exact) mass is 934 g/mol. The van der Waals surface area contributed by atoms with Gasteiger partial charge in [-0.1, -0.05) is 66.5 Å². The highest BCUT2D eigenvalue weighted by Gasteiger charge is 2.65. The highest BCUT2D eigenvalue weighted by molar-refractivity contribution is 7.98. The van der Waals surface area contributed by atoms with Gasteiger partial charge in [0.15, 0.2) is 11.5 Å². The molecule has 356 valence electrons. The van der Waals surface area contributed by atoms with E-state index in [2.05, 4.69) is 18.7 Å². The number of unbranched alkanes of at least 4 members (excludes halogenated alkanes) is 2. The van der Waals surface area contributed by atoms with Gasteiger partial charge < -0.3 is 48.2 Å². The maximum Gasteiger partial charge on any atom is 0.410 e. The van der Waals surface area contributed by atoms with Gasteiger partial charge in [-0.3, -0.25) is 4.90 Å². The lowest BCUT2D eigenvalue weighted by atomic mass is 9.55. The summed E-state index contributed by atoms with van der Waals surface area (Å²) in [5.41, 5.74) is 4.34. The highest BCUT2D eigenvalue weighted by Crippen LogP contribution is 2.62. The predicted molar refractivity (Wildman–Crippen MR) is 256 cm³/mol. The Labute approximate surface area is 397 Å². The first-order chi connectivity index (χ1) is 32.9. The predicted octanol–water partition coefficient (Wildman–Crippen LogP) is 10.0. The van der Waals surface area contributed by atoms with Crippen LogP contribution in [0.25, 0.3) is 0 Å². The summed E-state index contributed by atoms with van der Waals surface area (Å²) in [6, 6.07) is 28.6. The fraction of sp³-hybridized carbons (Fsp3) is 0.434. The molecule has 0 aromatic heterocycles. The number of rotatable bonds is 23. The first-order valence-electron chi connectivity index (χ1n) is 23.3. The van der Waals surface area contributed by atoms with Gasteiger partial charge >= 0.3 is 6.09 Å². The number of nitrogens with zero attached hydrogens (tertiary/aromatic N) is 2. The lowest BCUT2D eigenvalue weighted by Crippen LogP contribution is -2.70. The second-order valence-corrected chi connectivity index (χ2v) is 18.1. The zero-order valence-corrected chi connectivity index (χ0v) is 39.2. The molecular weight excluding hydrogens is 873 g/mol. The smallest absolute Gasteiger partial charge is 0.410 e. The molecule has 6 unspecified atom stereocenters. The molecule has 4 aliphatic rings. The van der Waals surface area contributed by atoms with Crippen LogP contribution in [0, 0.1) is 17.8 Å². The summed E-state index contributed by atoms with van der Waals surface area (Å²) in [6.45, 7) is 5.12. The van der Waals surface area contributed by atoms with Crippen LogP contribution in [-0.4, -0.2) is 91.9 Å². The van der Waals surface area contributed by atoms with Crippen molar-refractivity contribution in [2.75, 3.05) is 53.2 Å². The Kier molecular flexibility index (Phi) is 16.5. The number of thioether (sulfide) groups is 1. The summed E-state index contributed by atoms with van der Waals surface area (Å²) in [4.78, 5) is 23.4. The van der Waals surface area contributed by atoms with Crippen molar-refractivity contribution in [3.8, 4) is 28.7 Å². The van der Waals surface area contributed by atoms with Gasteiger partial charge in [0, 0.05) is 42.6 Å². The minimum atomic E-state index is -1.50. The number of benzene rings is 4. The highest BCUT2D eigenvalue weighted by atomic mass is 32.2. The van der Waals surface area contributed by atoms with E-state index in [-0.39, 0.29) is 70.5 Å². The van der Waals surface area contributed by atoms with Crippen molar-refractivity contribution in [2.24, 2.45) is 22.9 Å². The fourth-order valence-electron chi connectivity index (χ4n) is 10.2. The number of hydrogen-bond acceptors (Lipinski definition) is 13. The van der Waals surface area contributed by atoms with Crippen LogP contribution in [0.15, 0.2) is 125 Å². The SMILES string of the molecule is C=CCOC12Oc3ccc(Oc4ccc(SC)cc4)cc3C3C(CCCCO)C(CCCCO)C=C(C(=NOC)CC1N(Cc1ccc4c(c1)OCO4)C(=O)OCCOCc1ccccc1)C32. The maximum absolute atomic E-state index is 15.0. The van der Waals surface area contributed by atoms with E-state index in [4.69, 9.17) is 43.2 Å². The molecule has 1 fully saturated rings. The van der Waals surface area contributed by atoms with E-state index in [9.17, 15) is 15.0 Å². The average molecular weight is 935 g/mol. The maximum atomic E-state index is 15.0. The van der Waals surface area contributed by atoms with E-state index in [1.807, 2.05) is 91.2 Å². The number of amides is 1. The molecule has 1 saturated carbocycles. The number of aliphatic hydroxyl groups is 2. The molecule has 2 N–H and O–H groups in total. The Morgan fingerprint density at radius 3 is 2.42 bits per heavy atom. The molecule has 8 rings (SSSR count). The number of aliphatic hydroxyl groups excluding tert-OH is 2. The molecule has 2 aliphatic heterocycles. The van der Waals surface area contributed by atoms with Crippen molar-refractivity contribution < 1.29 is 53.0 Å². The fourth-order valence-corrected chi connectivity index (χ4v) is 10.6. The Bertz CT molecular complexity index is 2340. The van der Waals surface area contributed by atoms with Gasteiger partial charge in [-0.05, 0) is 115 Å². The zero-order chi connectivity index (χ0) is 46.6. The number of carbonyl (C=O) groups excluding carboxylic acids is 1. The second kappa shape index (κ2) is 23.0. The molecule has 4 aromatic carbocycles. The van der Waals surface area contributed by atoms with Crippen LogP contribution >= 0.6 is 11.8 Å². The largest absolute Gasteiger partial charge is 0.459 e. The van der Waals surface area contributed by atoms with Gasteiger partial charge in [0.1, 0.15) is 37.0 Å². The molecule has 67 heavy (non-hydrogen) atoms. The van der Waals surface area contributed by atoms with Crippen LogP contribution in [0.2, 0.25) is 0 Å². The van der Waals surface area contributed by atoms with Crippen molar-refractivity contribution in [3.63, 3.8) is 0 Å². The Hall–Kier alpha value is -5.51. The molecule has 0 spiro atoms. The Morgan fingerprint density at radius 1 is 0.896 bits per heavy atom. The average Bonchev–Trinajstić information content (AvgIpc) is 3.83. The minimum Gasteiger partial charge on any atom is -0.459 e. The number of carbonyl (C=O) groups is 1. The number of hydrogen-bond donors (Lipinski definition) is 2. The van der Waals surface area contributed by atoms with Crippen molar-refractivity contribution in [1.82, 2.24) is 4.90 Å². The van der Waals surface area contributed by atoms with Gasteiger partial charge in [0.2, 0.25) is 12.6 Å². The molecule has 6 atom stereocenters. The van der Waals surface area contributed by atoms with Crippen LogP contribution in [0.1, 0.15) is 67.6 Å². The molecule has 14 heteroatoms. The molecule has 1 amide bonds. The number of allylic oxidation sites excluding steroid dienone is 1. The quantitative estimate of drug-likeness (QED) is 0.0316. The summed E-state index contributed by atoms with van der Waals surface area (Å²) < 4.78 is 44.6. The second-order valence-electron chi connectivity index (χ2n) is 17.2. The van der Waals surface area contributed by atoms with Crippen molar-refractivity contribution in [2.45, 2.75) is 80.7 Å². The topological polar surface area (TPSA) is 147 Å². The van der Waals surface area contributed by atoms with E-state index in [0.29, 0.717) is 53.9 Å². The third-order valence-electron chi connectivity index (χ3n) is 13.1. The van der Waals surface area contributed by atoms with Crippen LogP contribution in [0.3, 0.4) is 0 Å². The minimum absolute atomic E-state index is 0.00168. The lowest BCUT2D eigenvalue weighted by molar-refractivity contribution is -0.256. The van der Waals surface area contributed by atoms with Crippen LogP contribution in [0.5, 0.6) is 28.7 Å². The molecule has 2 aliphatic carbocycles. The Morgan fingerprint density at radius 2 is 1.66 bits per heavy atom. The van der Waals surface area contributed by atoms with Gasteiger partial charge in [-0.2, -0.15) is 0 Å². The summed E-state index contributed by atoms with van der Waals surface area (Å²) in [7, 11) is 1.53. The molecular formula is C53H62N2O11S. The van der Waals surface area contributed by atoms with Crippen molar-refractivity contribution in [3.05, 3.63) is 132 Å². The van der Waals surface area contributed by atoms with E-state index in [1.54, 1.807) is 22.7 Å². The van der Waals surface area contributed by atoms with Crippen LogP contribution in [0.4, 0.5) is 4.79 Å². The first kappa shape index (κ1) is 48.0. The normalized spacial score (nSPS) is 22.8. The third kappa shape index (κ3) is 10.9. The molecule has 0 bridgehead atoms. The first-order valence-corrected chi connectivity index (χ1v) is 24.5. The Balaban J connectivity index is 1.25.